The number of hydrogen-bond donors (Lipinski definition) is 1. The van der Waals surface area contributed by atoms with Gasteiger partial charge in [0.1, 0.15) is 23.7 Å². The largest absolute Gasteiger partial charge is 0.486 e. The number of imidazole rings is 1. The number of hydrogen-bond acceptors (Lipinski definition) is 3. The van der Waals surface area contributed by atoms with Crippen LogP contribution in [0.4, 0.5) is 4.39 Å². The molecule has 0 aliphatic carbocycles. The Bertz CT molecular complexity index is 595. The topological polar surface area (TPSA) is 64.4 Å². The zero-order valence-electron chi connectivity index (χ0n) is 10.3. The van der Waals surface area contributed by atoms with Crippen molar-refractivity contribution in [3.05, 3.63) is 47.8 Å². The Kier molecular flexibility index (Phi) is 3.79. The molecule has 0 saturated carbocycles. The molecule has 0 aliphatic heterocycles. The highest BCUT2D eigenvalue weighted by atomic mass is 19.1. The average molecular weight is 264 g/mol. The molecule has 1 aromatic carbocycles. The van der Waals surface area contributed by atoms with Crippen LogP contribution in [0.3, 0.4) is 0 Å². The highest BCUT2D eigenvalue weighted by molar-refractivity contribution is 5.90. The van der Waals surface area contributed by atoms with Gasteiger partial charge >= 0.3 is 5.97 Å². The number of aromatic nitrogens is 2. The first-order valence-electron chi connectivity index (χ1n) is 5.76. The van der Waals surface area contributed by atoms with Gasteiger partial charge in [-0.2, -0.15) is 0 Å². The molecule has 0 spiro atoms. The van der Waals surface area contributed by atoms with E-state index < -0.39 is 11.8 Å². The molecule has 1 heterocycles. The number of rotatable bonds is 5. The van der Waals surface area contributed by atoms with Crippen molar-refractivity contribution in [3.8, 4) is 5.75 Å². The third-order valence-corrected chi connectivity index (χ3v) is 2.69. The number of halogens is 1. The van der Waals surface area contributed by atoms with Crippen LogP contribution in [-0.2, 0) is 13.2 Å². The Morgan fingerprint density at radius 1 is 1.53 bits per heavy atom. The Labute approximate surface area is 109 Å². The van der Waals surface area contributed by atoms with Gasteiger partial charge in [-0.1, -0.05) is 0 Å². The fraction of sp³-hybridized carbons (Fsp3) is 0.231. The number of carboxylic acid groups (broad SMARTS) is 1. The van der Waals surface area contributed by atoms with Gasteiger partial charge in [-0.15, -0.1) is 0 Å². The lowest BCUT2D eigenvalue weighted by Crippen LogP contribution is -2.07. The van der Waals surface area contributed by atoms with Crippen molar-refractivity contribution in [2.75, 3.05) is 0 Å². The first-order valence-corrected chi connectivity index (χ1v) is 5.76. The van der Waals surface area contributed by atoms with Gasteiger partial charge in [0.15, 0.2) is 0 Å². The fourth-order valence-electron chi connectivity index (χ4n) is 1.70. The summed E-state index contributed by atoms with van der Waals surface area (Å²) in [7, 11) is 0. The maximum atomic E-state index is 13.0. The minimum absolute atomic E-state index is 0.137. The smallest absolute Gasteiger partial charge is 0.339 e. The number of aryl methyl sites for hydroxylation is 1. The van der Waals surface area contributed by atoms with Crippen molar-refractivity contribution >= 4 is 5.97 Å². The van der Waals surface area contributed by atoms with E-state index in [-0.39, 0.29) is 17.9 Å². The summed E-state index contributed by atoms with van der Waals surface area (Å²) in [4.78, 5) is 15.0. The predicted molar refractivity (Wildman–Crippen MR) is 65.6 cm³/mol. The monoisotopic (exact) mass is 264 g/mol. The van der Waals surface area contributed by atoms with Gasteiger partial charge in [0.05, 0.1) is 18.2 Å². The predicted octanol–water partition coefficient (Wildman–Crippen LogP) is 2.32. The Morgan fingerprint density at radius 2 is 2.32 bits per heavy atom. The number of carboxylic acids is 1. The van der Waals surface area contributed by atoms with Crippen molar-refractivity contribution in [1.82, 2.24) is 9.55 Å². The van der Waals surface area contributed by atoms with E-state index in [0.29, 0.717) is 0 Å². The summed E-state index contributed by atoms with van der Waals surface area (Å²) in [5.74, 6) is -1.69. The standard InChI is InChI=1S/C13H13FN2O3/c1-2-16-8-15-6-10(16)7-19-12-4-3-9(14)5-11(12)13(17)18/h3-6,8H,2,7H2,1H3,(H,17,18). The first-order chi connectivity index (χ1) is 9.11. The Hall–Kier alpha value is -2.37. The lowest BCUT2D eigenvalue weighted by Gasteiger charge is -2.10. The molecular weight excluding hydrogens is 251 g/mol. The molecule has 0 amide bonds. The molecular formula is C13H13FN2O3. The molecule has 0 aliphatic rings. The summed E-state index contributed by atoms with van der Waals surface area (Å²) in [5, 5.41) is 8.98. The van der Waals surface area contributed by atoms with Gasteiger partial charge in [0, 0.05) is 6.54 Å². The number of nitrogens with zero attached hydrogens (tertiary/aromatic N) is 2. The summed E-state index contributed by atoms with van der Waals surface area (Å²) in [6, 6.07) is 3.42. The van der Waals surface area contributed by atoms with Crippen LogP contribution in [0.25, 0.3) is 0 Å². The molecule has 6 heteroatoms. The third-order valence-electron chi connectivity index (χ3n) is 2.69. The number of ether oxygens (including phenoxy) is 1. The minimum Gasteiger partial charge on any atom is -0.486 e. The van der Waals surface area contributed by atoms with E-state index in [4.69, 9.17) is 9.84 Å². The van der Waals surface area contributed by atoms with E-state index in [1.165, 1.54) is 12.1 Å². The summed E-state index contributed by atoms with van der Waals surface area (Å²) in [6.07, 6.45) is 3.31. The fourth-order valence-corrected chi connectivity index (χ4v) is 1.70. The average Bonchev–Trinajstić information content (AvgIpc) is 2.84. The molecule has 19 heavy (non-hydrogen) atoms. The number of benzene rings is 1. The minimum atomic E-state index is -1.22. The van der Waals surface area contributed by atoms with E-state index in [1.807, 2.05) is 11.5 Å². The lowest BCUT2D eigenvalue weighted by molar-refractivity contribution is 0.0691. The summed E-state index contributed by atoms with van der Waals surface area (Å²) < 4.78 is 20.3. The molecule has 5 nitrogen and oxygen atoms in total. The van der Waals surface area contributed by atoms with E-state index >= 15 is 0 Å². The van der Waals surface area contributed by atoms with E-state index in [9.17, 15) is 9.18 Å². The van der Waals surface area contributed by atoms with Crippen molar-refractivity contribution in [1.29, 1.82) is 0 Å². The van der Waals surface area contributed by atoms with Crippen LogP contribution >= 0.6 is 0 Å². The molecule has 0 fully saturated rings. The second kappa shape index (κ2) is 5.51. The highest BCUT2D eigenvalue weighted by Gasteiger charge is 2.13. The van der Waals surface area contributed by atoms with E-state index in [0.717, 1.165) is 18.3 Å². The lowest BCUT2D eigenvalue weighted by atomic mass is 10.2. The van der Waals surface area contributed by atoms with Crippen molar-refractivity contribution in [2.45, 2.75) is 20.1 Å². The molecule has 0 unspecified atom stereocenters. The van der Waals surface area contributed by atoms with Gasteiger partial charge in [-0.05, 0) is 25.1 Å². The summed E-state index contributed by atoms with van der Waals surface area (Å²) in [6.45, 7) is 2.89. The second-order valence-electron chi connectivity index (χ2n) is 3.91. The molecule has 2 rings (SSSR count). The van der Waals surface area contributed by atoms with Gasteiger partial charge in [0.2, 0.25) is 0 Å². The molecule has 0 radical (unpaired) electrons. The maximum absolute atomic E-state index is 13.0. The zero-order valence-corrected chi connectivity index (χ0v) is 10.3. The van der Waals surface area contributed by atoms with Gasteiger partial charge in [-0.3, -0.25) is 0 Å². The van der Waals surface area contributed by atoms with Crippen LogP contribution in [-0.4, -0.2) is 20.6 Å². The Balaban J connectivity index is 2.18. The molecule has 2 aromatic rings. The number of carbonyl (C=O) groups is 1. The quantitative estimate of drug-likeness (QED) is 0.900. The molecule has 100 valence electrons. The first kappa shape index (κ1) is 13.1. The zero-order chi connectivity index (χ0) is 13.8. The molecule has 1 N–H and O–H groups in total. The van der Waals surface area contributed by atoms with Gasteiger partial charge in [0.25, 0.3) is 0 Å². The van der Waals surface area contributed by atoms with Crippen LogP contribution in [0.1, 0.15) is 23.0 Å². The molecule has 1 aromatic heterocycles. The normalized spacial score (nSPS) is 10.4. The van der Waals surface area contributed by atoms with Crippen LogP contribution < -0.4 is 4.74 Å². The summed E-state index contributed by atoms with van der Waals surface area (Å²) in [5.41, 5.74) is 0.630. The molecule has 0 saturated heterocycles. The maximum Gasteiger partial charge on any atom is 0.339 e. The van der Waals surface area contributed by atoms with Crippen LogP contribution in [0.15, 0.2) is 30.7 Å². The Morgan fingerprint density at radius 3 is 3.00 bits per heavy atom. The van der Waals surface area contributed by atoms with Crippen molar-refractivity contribution in [3.63, 3.8) is 0 Å². The van der Waals surface area contributed by atoms with Crippen LogP contribution in [0.5, 0.6) is 5.75 Å². The van der Waals surface area contributed by atoms with Gasteiger partial charge < -0.3 is 14.4 Å². The number of aromatic carboxylic acids is 1. The second-order valence-corrected chi connectivity index (χ2v) is 3.91. The van der Waals surface area contributed by atoms with E-state index in [1.54, 1.807) is 12.5 Å². The highest BCUT2D eigenvalue weighted by Crippen LogP contribution is 2.21. The van der Waals surface area contributed by atoms with Crippen LogP contribution in [0, 0.1) is 5.82 Å². The van der Waals surface area contributed by atoms with Crippen molar-refractivity contribution in [2.24, 2.45) is 0 Å². The van der Waals surface area contributed by atoms with Crippen LogP contribution in [0.2, 0.25) is 0 Å². The third kappa shape index (κ3) is 2.90. The summed E-state index contributed by atoms with van der Waals surface area (Å²) >= 11 is 0. The molecule has 0 atom stereocenters. The van der Waals surface area contributed by atoms with Gasteiger partial charge in [-0.25, -0.2) is 14.2 Å². The SMILES string of the molecule is CCn1cncc1COc1ccc(F)cc1C(=O)O. The van der Waals surface area contributed by atoms with Crippen molar-refractivity contribution < 1.29 is 19.0 Å². The van der Waals surface area contributed by atoms with E-state index in [2.05, 4.69) is 4.98 Å². The molecule has 0 bridgehead atoms.